The normalized spacial score (nSPS) is 16.0. The summed E-state index contributed by atoms with van der Waals surface area (Å²) in [7, 11) is 1.64. The van der Waals surface area contributed by atoms with Gasteiger partial charge in [0.1, 0.15) is 5.69 Å². The van der Waals surface area contributed by atoms with Crippen LogP contribution >= 0.6 is 0 Å². The number of fused-ring (bicyclic) bond motifs is 1. The summed E-state index contributed by atoms with van der Waals surface area (Å²) in [6.07, 6.45) is -1.31. The molecule has 2 N–H and O–H groups in total. The number of alkyl halides is 3. The number of piperidine rings is 1. The molecule has 1 fully saturated rings. The number of phenolic OH excluding ortho intramolecular Hbond substituents is 1. The summed E-state index contributed by atoms with van der Waals surface area (Å²) < 4.78 is 55.3. The lowest BCUT2D eigenvalue weighted by molar-refractivity contribution is -0.137. The van der Waals surface area contributed by atoms with Gasteiger partial charge in [-0.2, -0.15) is 18.3 Å². The molecule has 0 unspecified atom stereocenters. The zero-order chi connectivity index (χ0) is 20.1. The van der Waals surface area contributed by atoms with Crippen molar-refractivity contribution in [1.82, 2.24) is 20.1 Å². The van der Waals surface area contributed by atoms with E-state index in [1.807, 2.05) is 6.07 Å². The molecule has 5 nitrogen and oxygen atoms in total. The highest BCUT2D eigenvalue weighted by molar-refractivity contribution is 5.93. The van der Waals surface area contributed by atoms with E-state index in [-0.39, 0.29) is 5.69 Å². The van der Waals surface area contributed by atoms with E-state index in [1.165, 1.54) is 10.9 Å². The zero-order valence-corrected chi connectivity index (χ0v) is 15.0. The van der Waals surface area contributed by atoms with Gasteiger partial charge in [-0.05, 0) is 44.1 Å². The number of rotatable bonds is 2. The van der Waals surface area contributed by atoms with Crippen molar-refractivity contribution < 1.29 is 22.7 Å². The van der Waals surface area contributed by atoms with Crippen LogP contribution < -0.4 is 5.32 Å². The van der Waals surface area contributed by atoms with Crippen molar-refractivity contribution in [3.8, 4) is 17.0 Å². The average Bonchev–Trinajstić information content (AvgIpc) is 3.00. The van der Waals surface area contributed by atoms with Gasteiger partial charge >= 0.3 is 6.18 Å². The van der Waals surface area contributed by atoms with Gasteiger partial charge in [0, 0.05) is 35.8 Å². The maximum atomic E-state index is 14.5. The molecular weight excluding hydrogens is 376 g/mol. The minimum atomic E-state index is -4.72. The predicted molar refractivity (Wildman–Crippen MR) is 95.4 cm³/mol. The van der Waals surface area contributed by atoms with Gasteiger partial charge in [0.05, 0.1) is 11.1 Å². The van der Waals surface area contributed by atoms with Gasteiger partial charge in [0.2, 0.25) is 0 Å². The smallest absolute Gasteiger partial charge is 0.416 e. The van der Waals surface area contributed by atoms with Gasteiger partial charge in [-0.3, -0.25) is 9.67 Å². The van der Waals surface area contributed by atoms with Gasteiger partial charge < -0.3 is 10.4 Å². The number of aromatic nitrogens is 3. The molecule has 0 bridgehead atoms. The molecule has 1 aromatic carbocycles. The van der Waals surface area contributed by atoms with Crippen LogP contribution in [0.5, 0.6) is 5.75 Å². The van der Waals surface area contributed by atoms with Crippen LogP contribution in [-0.4, -0.2) is 33.0 Å². The molecule has 1 aliphatic rings. The third kappa shape index (κ3) is 3.19. The lowest BCUT2D eigenvalue weighted by Crippen LogP contribution is -2.27. The maximum absolute atomic E-state index is 14.5. The lowest BCUT2D eigenvalue weighted by atomic mass is 9.93. The predicted octanol–water partition coefficient (Wildman–Crippen LogP) is 3.97. The van der Waals surface area contributed by atoms with Crippen molar-refractivity contribution in [3.05, 3.63) is 41.5 Å². The van der Waals surface area contributed by atoms with Crippen molar-refractivity contribution in [2.75, 3.05) is 13.1 Å². The standard InChI is InChI=1S/C19H18F4N4O/c1-27-15-8-14(10-2-4-24-5-3-10)25-9-13(15)18(26-27)12-6-11(19(21,22)23)7-16(28)17(12)20/h6-10,24,28H,2-5H2,1H3. The van der Waals surface area contributed by atoms with Crippen molar-refractivity contribution in [1.29, 1.82) is 0 Å². The Morgan fingerprint density at radius 1 is 1.18 bits per heavy atom. The van der Waals surface area contributed by atoms with Crippen molar-refractivity contribution in [2.24, 2.45) is 7.05 Å². The van der Waals surface area contributed by atoms with E-state index in [2.05, 4.69) is 15.4 Å². The summed E-state index contributed by atoms with van der Waals surface area (Å²) in [6.45, 7) is 1.80. The number of aryl methyl sites for hydroxylation is 1. The van der Waals surface area contributed by atoms with Crippen LogP contribution in [0.1, 0.15) is 30.0 Å². The first-order valence-electron chi connectivity index (χ1n) is 8.89. The Hall–Kier alpha value is -2.68. The van der Waals surface area contributed by atoms with E-state index >= 15 is 0 Å². The first-order valence-corrected chi connectivity index (χ1v) is 8.89. The Bertz CT molecular complexity index is 1040. The molecular formula is C19H18F4N4O. The monoisotopic (exact) mass is 394 g/mol. The molecule has 0 radical (unpaired) electrons. The fourth-order valence-corrected chi connectivity index (χ4v) is 3.65. The Morgan fingerprint density at radius 3 is 2.57 bits per heavy atom. The average molecular weight is 394 g/mol. The maximum Gasteiger partial charge on any atom is 0.416 e. The number of hydrogen-bond donors (Lipinski definition) is 2. The number of phenols is 1. The highest BCUT2D eigenvalue weighted by atomic mass is 19.4. The number of hydrogen-bond acceptors (Lipinski definition) is 4. The van der Waals surface area contributed by atoms with Crippen LogP contribution in [0.3, 0.4) is 0 Å². The van der Waals surface area contributed by atoms with E-state index in [0.717, 1.165) is 31.6 Å². The van der Waals surface area contributed by atoms with E-state index in [9.17, 15) is 22.7 Å². The van der Waals surface area contributed by atoms with Crippen LogP contribution in [0.2, 0.25) is 0 Å². The quantitative estimate of drug-likeness (QED) is 0.646. The largest absolute Gasteiger partial charge is 0.505 e. The Labute approximate surface area is 158 Å². The summed E-state index contributed by atoms with van der Waals surface area (Å²) >= 11 is 0. The summed E-state index contributed by atoms with van der Waals surface area (Å²) in [6, 6.07) is 2.89. The molecule has 0 aliphatic carbocycles. The van der Waals surface area contributed by atoms with Gasteiger partial charge in [-0.1, -0.05) is 0 Å². The Morgan fingerprint density at radius 2 is 1.89 bits per heavy atom. The first kappa shape index (κ1) is 18.7. The van der Waals surface area contributed by atoms with Crippen LogP contribution in [0.15, 0.2) is 24.4 Å². The molecule has 0 saturated carbocycles. The topological polar surface area (TPSA) is 63.0 Å². The van der Waals surface area contributed by atoms with Gasteiger partial charge in [0.25, 0.3) is 0 Å². The molecule has 1 aliphatic heterocycles. The fourth-order valence-electron chi connectivity index (χ4n) is 3.65. The number of nitrogens with zero attached hydrogens (tertiary/aromatic N) is 3. The third-order valence-corrected chi connectivity index (χ3v) is 5.15. The second-order valence-electron chi connectivity index (χ2n) is 6.98. The third-order valence-electron chi connectivity index (χ3n) is 5.15. The molecule has 28 heavy (non-hydrogen) atoms. The SMILES string of the molecule is Cn1nc(-c2cc(C(F)(F)F)cc(O)c2F)c2cnc(C3CCNCC3)cc21. The minimum absolute atomic E-state index is 0.0146. The number of aromatic hydroxyl groups is 1. The van der Waals surface area contributed by atoms with E-state index in [0.29, 0.717) is 29.0 Å². The van der Waals surface area contributed by atoms with Gasteiger partial charge in [-0.15, -0.1) is 0 Å². The summed E-state index contributed by atoms with van der Waals surface area (Å²) in [5.41, 5.74) is 0.000311. The second kappa shape index (κ2) is 6.73. The fraction of sp³-hybridized carbons (Fsp3) is 0.368. The minimum Gasteiger partial charge on any atom is -0.505 e. The Balaban J connectivity index is 1.85. The zero-order valence-electron chi connectivity index (χ0n) is 15.0. The number of nitrogens with one attached hydrogen (secondary N) is 1. The summed E-state index contributed by atoms with van der Waals surface area (Å²) in [4.78, 5) is 4.47. The molecule has 9 heteroatoms. The highest BCUT2D eigenvalue weighted by Gasteiger charge is 2.33. The molecule has 0 amide bonds. The number of pyridine rings is 1. The van der Waals surface area contributed by atoms with E-state index in [4.69, 9.17) is 0 Å². The van der Waals surface area contributed by atoms with E-state index in [1.54, 1.807) is 7.05 Å². The van der Waals surface area contributed by atoms with Crippen molar-refractivity contribution >= 4 is 10.9 Å². The molecule has 3 aromatic rings. The van der Waals surface area contributed by atoms with Crippen molar-refractivity contribution in [2.45, 2.75) is 24.9 Å². The van der Waals surface area contributed by atoms with Gasteiger partial charge in [0.15, 0.2) is 11.6 Å². The number of halogens is 4. The molecule has 3 heterocycles. The lowest BCUT2D eigenvalue weighted by Gasteiger charge is -2.22. The number of benzene rings is 1. The highest BCUT2D eigenvalue weighted by Crippen LogP contribution is 2.39. The summed E-state index contributed by atoms with van der Waals surface area (Å²) in [5.74, 6) is -1.92. The van der Waals surface area contributed by atoms with Crippen LogP contribution in [0.25, 0.3) is 22.2 Å². The van der Waals surface area contributed by atoms with Crippen LogP contribution in [0.4, 0.5) is 17.6 Å². The van der Waals surface area contributed by atoms with Crippen LogP contribution in [-0.2, 0) is 13.2 Å². The molecule has 4 rings (SSSR count). The van der Waals surface area contributed by atoms with Gasteiger partial charge in [-0.25, -0.2) is 4.39 Å². The molecule has 0 atom stereocenters. The Kier molecular flexibility index (Phi) is 4.49. The molecule has 0 spiro atoms. The second-order valence-corrected chi connectivity index (χ2v) is 6.98. The summed E-state index contributed by atoms with van der Waals surface area (Å²) in [5, 5.41) is 17.6. The van der Waals surface area contributed by atoms with Crippen molar-refractivity contribution in [3.63, 3.8) is 0 Å². The molecule has 1 saturated heterocycles. The molecule has 148 valence electrons. The molecule has 2 aromatic heterocycles. The first-order chi connectivity index (χ1) is 13.3. The van der Waals surface area contributed by atoms with Crippen LogP contribution in [0, 0.1) is 5.82 Å². The van der Waals surface area contributed by atoms with E-state index < -0.39 is 28.9 Å².